The third-order valence-electron chi connectivity index (χ3n) is 3.53. The molecule has 1 N–H and O–H groups in total. The summed E-state index contributed by atoms with van der Waals surface area (Å²) in [6.07, 6.45) is 6.58. The first-order chi connectivity index (χ1) is 7.29. The number of methoxy groups -OCH3 is 1. The molecule has 1 saturated carbocycles. The minimum Gasteiger partial charge on any atom is -0.385 e. The summed E-state index contributed by atoms with van der Waals surface area (Å²) in [5.74, 6) is 0. The molecular weight excluding hydrogens is 188 g/mol. The van der Waals surface area contributed by atoms with Crippen LogP contribution >= 0.6 is 0 Å². The van der Waals surface area contributed by atoms with Gasteiger partial charge in [-0.15, -0.1) is 0 Å². The van der Waals surface area contributed by atoms with Crippen LogP contribution in [0.2, 0.25) is 0 Å². The van der Waals surface area contributed by atoms with Crippen LogP contribution in [-0.2, 0) is 4.74 Å². The normalized spacial score (nSPS) is 27.2. The van der Waals surface area contributed by atoms with Gasteiger partial charge in [0, 0.05) is 32.3 Å². The fraction of sp³-hybridized carbons (Fsp3) is 1.00. The first kappa shape index (κ1) is 12.9. The van der Waals surface area contributed by atoms with E-state index in [-0.39, 0.29) is 0 Å². The van der Waals surface area contributed by atoms with Crippen LogP contribution in [-0.4, -0.2) is 51.3 Å². The van der Waals surface area contributed by atoms with E-state index in [2.05, 4.69) is 24.3 Å². The van der Waals surface area contributed by atoms with Gasteiger partial charge in [0.05, 0.1) is 0 Å². The molecule has 0 bridgehead atoms. The van der Waals surface area contributed by atoms with Gasteiger partial charge in [0.1, 0.15) is 0 Å². The van der Waals surface area contributed by atoms with E-state index >= 15 is 0 Å². The molecule has 1 aliphatic carbocycles. The largest absolute Gasteiger partial charge is 0.385 e. The summed E-state index contributed by atoms with van der Waals surface area (Å²) in [5.41, 5.74) is 0. The molecule has 0 amide bonds. The molecule has 0 aromatic heterocycles. The van der Waals surface area contributed by atoms with E-state index in [1.54, 1.807) is 7.11 Å². The first-order valence-electron chi connectivity index (χ1n) is 6.16. The van der Waals surface area contributed by atoms with Crippen molar-refractivity contribution in [3.05, 3.63) is 0 Å². The van der Waals surface area contributed by atoms with Gasteiger partial charge in [-0.1, -0.05) is 12.8 Å². The highest BCUT2D eigenvalue weighted by atomic mass is 16.5. The lowest BCUT2D eigenvalue weighted by Gasteiger charge is -2.38. The molecule has 0 radical (unpaired) electrons. The van der Waals surface area contributed by atoms with Crippen molar-refractivity contribution in [2.45, 2.75) is 44.2 Å². The van der Waals surface area contributed by atoms with E-state index in [4.69, 9.17) is 4.74 Å². The molecule has 1 aliphatic rings. The molecule has 0 heterocycles. The molecule has 0 aromatic carbocycles. The van der Waals surface area contributed by atoms with E-state index in [0.717, 1.165) is 25.6 Å². The monoisotopic (exact) mass is 214 g/mol. The van der Waals surface area contributed by atoms with Crippen molar-refractivity contribution in [1.29, 1.82) is 0 Å². The minimum atomic E-state index is 0.686. The second-order valence-corrected chi connectivity index (χ2v) is 4.57. The van der Waals surface area contributed by atoms with Gasteiger partial charge in [0.2, 0.25) is 0 Å². The van der Waals surface area contributed by atoms with Crippen LogP contribution < -0.4 is 5.32 Å². The number of hydrogen-bond acceptors (Lipinski definition) is 3. The Morgan fingerprint density at radius 2 is 2.07 bits per heavy atom. The Balaban J connectivity index is 2.31. The highest BCUT2D eigenvalue weighted by molar-refractivity contribution is 4.86. The number of nitrogens with zero attached hydrogens (tertiary/aromatic N) is 1. The maximum atomic E-state index is 5.09. The first-order valence-corrected chi connectivity index (χ1v) is 6.16. The number of rotatable bonds is 6. The molecule has 15 heavy (non-hydrogen) atoms. The SMILES string of the molecule is CNC1CCCCC1N(C)CCCOC. The molecule has 0 aromatic rings. The lowest BCUT2D eigenvalue weighted by Crippen LogP contribution is -2.49. The van der Waals surface area contributed by atoms with Gasteiger partial charge in [0.25, 0.3) is 0 Å². The second kappa shape index (κ2) is 7.20. The summed E-state index contributed by atoms with van der Waals surface area (Å²) in [7, 11) is 6.11. The van der Waals surface area contributed by atoms with Gasteiger partial charge in [-0.05, 0) is 33.4 Å². The van der Waals surface area contributed by atoms with Crippen molar-refractivity contribution in [1.82, 2.24) is 10.2 Å². The molecule has 0 spiro atoms. The average Bonchev–Trinajstić information content (AvgIpc) is 2.29. The van der Waals surface area contributed by atoms with Crippen LogP contribution in [0.4, 0.5) is 0 Å². The molecule has 3 heteroatoms. The maximum Gasteiger partial charge on any atom is 0.0474 e. The number of nitrogens with one attached hydrogen (secondary N) is 1. The predicted molar refractivity (Wildman–Crippen MR) is 64.2 cm³/mol. The molecule has 3 nitrogen and oxygen atoms in total. The summed E-state index contributed by atoms with van der Waals surface area (Å²) in [5, 5.41) is 3.45. The van der Waals surface area contributed by atoms with Crippen molar-refractivity contribution in [2.75, 3.05) is 34.4 Å². The van der Waals surface area contributed by atoms with Crippen molar-refractivity contribution in [3.8, 4) is 0 Å². The summed E-state index contributed by atoms with van der Waals surface area (Å²) in [6.45, 7) is 2.03. The van der Waals surface area contributed by atoms with Crippen molar-refractivity contribution in [3.63, 3.8) is 0 Å². The van der Waals surface area contributed by atoms with Gasteiger partial charge in [-0.2, -0.15) is 0 Å². The van der Waals surface area contributed by atoms with Crippen molar-refractivity contribution >= 4 is 0 Å². The molecule has 2 atom stereocenters. The zero-order chi connectivity index (χ0) is 11.1. The Kier molecular flexibility index (Phi) is 6.22. The lowest BCUT2D eigenvalue weighted by atomic mass is 9.89. The third kappa shape index (κ3) is 4.09. The van der Waals surface area contributed by atoms with Crippen LogP contribution in [0, 0.1) is 0 Å². The fourth-order valence-electron chi connectivity index (χ4n) is 2.60. The fourth-order valence-corrected chi connectivity index (χ4v) is 2.60. The summed E-state index contributed by atoms with van der Waals surface area (Å²) < 4.78 is 5.09. The van der Waals surface area contributed by atoms with Gasteiger partial charge >= 0.3 is 0 Å². The quantitative estimate of drug-likeness (QED) is 0.678. The number of hydrogen-bond donors (Lipinski definition) is 1. The molecular formula is C12H26N2O. The number of likely N-dealkylation sites (N-methyl/N-ethyl adjacent to an activating group) is 2. The maximum absolute atomic E-state index is 5.09. The molecule has 2 unspecified atom stereocenters. The Labute approximate surface area is 94.2 Å². The summed E-state index contributed by atoms with van der Waals surface area (Å²) in [4.78, 5) is 2.50. The topological polar surface area (TPSA) is 24.5 Å². The average molecular weight is 214 g/mol. The van der Waals surface area contributed by atoms with E-state index in [9.17, 15) is 0 Å². The lowest BCUT2D eigenvalue weighted by molar-refractivity contribution is 0.130. The van der Waals surface area contributed by atoms with E-state index < -0.39 is 0 Å². The van der Waals surface area contributed by atoms with Crippen LogP contribution in [0.1, 0.15) is 32.1 Å². The Bertz CT molecular complexity index is 164. The Morgan fingerprint density at radius 3 is 2.73 bits per heavy atom. The third-order valence-corrected chi connectivity index (χ3v) is 3.53. The van der Waals surface area contributed by atoms with Gasteiger partial charge < -0.3 is 15.0 Å². The van der Waals surface area contributed by atoms with E-state index in [1.807, 2.05) is 0 Å². The summed E-state index contributed by atoms with van der Waals surface area (Å²) >= 11 is 0. The van der Waals surface area contributed by atoms with Crippen LogP contribution in [0.3, 0.4) is 0 Å². The van der Waals surface area contributed by atoms with Gasteiger partial charge in [0.15, 0.2) is 0 Å². The van der Waals surface area contributed by atoms with E-state index in [0.29, 0.717) is 6.04 Å². The highest BCUT2D eigenvalue weighted by Crippen LogP contribution is 2.22. The Hall–Kier alpha value is -0.120. The second-order valence-electron chi connectivity index (χ2n) is 4.57. The van der Waals surface area contributed by atoms with Gasteiger partial charge in [-0.3, -0.25) is 0 Å². The highest BCUT2D eigenvalue weighted by Gasteiger charge is 2.26. The van der Waals surface area contributed by atoms with Crippen molar-refractivity contribution in [2.24, 2.45) is 0 Å². The predicted octanol–water partition coefficient (Wildman–Crippen LogP) is 1.49. The minimum absolute atomic E-state index is 0.686. The standard InChI is InChI=1S/C12H26N2O/c1-13-11-7-4-5-8-12(11)14(2)9-6-10-15-3/h11-13H,4-10H2,1-3H3. The number of ether oxygens (including phenoxy) is 1. The molecule has 0 saturated heterocycles. The summed E-state index contributed by atoms with van der Waals surface area (Å²) in [6, 6.07) is 1.41. The zero-order valence-electron chi connectivity index (χ0n) is 10.5. The zero-order valence-corrected chi connectivity index (χ0v) is 10.5. The van der Waals surface area contributed by atoms with E-state index in [1.165, 1.54) is 25.7 Å². The Morgan fingerprint density at radius 1 is 1.33 bits per heavy atom. The van der Waals surface area contributed by atoms with Crippen LogP contribution in [0.15, 0.2) is 0 Å². The molecule has 1 fully saturated rings. The molecule has 1 rings (SSSR count). The molecule has 90 valence electrons. The van der Waals surface area contributed by atoms with Crippen molar-refractivity contribution < 1.29 is 4.74 Å². The van der Waals surface area contributed by atoms with Gasteiger partial charge in [-0.25, -0.2) is 0 Å². The smallest absolute Gasteiger partial charge is 0.0474 e. The van der Waals surface area contributed by atoms with Crippen LogP contribution in [0.5, 0.6) is 0 Å². The molecule has 0 aliphatic heterocycles. The van der Waals surface area contributed by atoms with Crippen LogP contribution in [0.25, 0.3) is 0 Å².